The topological polar surface area (TPSA) is 116 Å². The van der Waals surface area contributed by atoms with E-state index in [1.807, 2.05) is 0 Å². The molecule has 0 aromatic heterocycles. The molecule has 0 aliphatic heterocycles. The number of nitrogens with one attached hydrogen (secondary N) is 1. The van der Waals surface area contributed by atoms with Crippen LogP contribution in [0, 0.1) is 11.3 Å². The van der Waals surface area contributed by atoms with E-state index in [0.717, 1.165) is 0 Å². The molecule has 0 fully saturated rings. The average Bonchev–Trinajstić information content (AvgIpc) is 2.80. The number of halogens is 2. The molecule has 164 valence electrons. The number of anilines is 1. The zero-order chi connectivity index (χ0) is 24.0. The maximum atomic E-state index is 12.5. The number of carbonyl (C=O) groups excluding carboxylic acids is 2. The summed E-state index contributed by atoms with van der Waals surface area (Å²) < 4.78 is 5.29. The summed E-state index contributed by atoms with van der Waals surface area (Å²) in [6.07, 6.45) is 1.27. The Morgan fingerprint density at radius 3 is 2.09 bits per heavy atom. The predicted molar refractivity (Wildman–Crippen MR) is 123 cm³/mol. The standard InChI is InChI=1S/C24H14Cl2N2O5/c25-19-11-14(12-20(26)21(19)33-24(32)16-4-2-1-3-5-16)10-17(13-27)22(29)28-18-8-6-15(7-9-18)23(30)31/h1-12H,(H,28,29)(H,30,31)/b17-10+. The van der Waals surface area contributed by atoms with Crippen molar-refractivity contribution in [3.63, 3.8) is 0 Å². The van der Waals surface area contributed by atoms with E-state index in [1.54, 1.807) is 36.4 Å². The molecule has 0 atom stereocenters. The molecule has 3 aromatic carbocycles. The Kier molecular flexibility index (Phi) is 7.46. The number of rotatable bonds is 6. The van der Waals surface area contributed by atoms with Gasteiger partial charge in [-0.15, -0.1) is 0 Å². The zero-order valence-electron chi connectivity index (χ0n) is 16.7. The number of benzene rings is 3. The molecular formula is C24H14Cl2N2O5. The molecule has 0 bridgehead atoms. The monoisotopic (exact) mass is 480 g/mol. The van der Waals surface area contributed by atoms with Crippen LogP contribution in [-0.4, -0.2) is 23.0 Å². The second kappa shape index (κ2) is 10.5. The number of hydrogen-bond donors (Lipinski definition) is 2. The molecule has 0 heterocycles. The highest BCUT2D eigenvalue weighted by Gasteiger charge is 2.16. The molecule has 0 saturated heterocycles. The average molecular weight is 481 g/mol. The fourth-order valence-electron chi connectivity index (χ4n) is 2.70. The van der Waals surface area contributed by atoms with E-state index < -0.39 is 17.8 Å². The lowest BCUT2D eigenvalue weighted by atomic mass is 10.1. The third-order valence-corrected chi connectivity index (χ3v) is 4.85. The summed E-state index contributed by atoms with van der Waals surface area (Å²) in [6, 6.07) is 18.3. The number of nitrogens with zero attached hydrogens (tertiary/aromatic N) is 1. The number of carboxylic acid groups (broad SMARTS) is 1. The molecule has 9 heteroatoms. The number of ether oxygens (including phenoxy) is 1. The van der Waals surface area contributed by atoms with Gasteiger partial charge in [-0.05, 0) is 60.2 Å². The Morgan fingerprint density at radius 1 is 0.939 bits per heavy atom. The number of nitriles is 1. The van der Waals surface area contributed by atoms with Crippen LogP contribution in [-0.2, 0) is 4.79 Å². The molecule has 33 heavy (non-hydrogen) atoms. The molecule has 2 N–H and O–H groups in total. The summed E-state index contributed by atoms with van der Waals surface area (Å²) in [5.74, 6) is -2.51. The molecule has 0 spiro atoms. The van der Waals surface area contributed by atoms with Gasteiger partial charge in [-0.3, -0.25) is 4.79 Å². The fraction of sp³-hybridized carbons (Fsp3) is 0. The third-order valence-electron chi connectivity index (χ3n) is 4.29. The van der Waals surface area contributed by atoms with Crippen LogP contribution in [0.25, 0.3) is 6.08 Å². The molecule has 0 radical (unpaired) electrons. The zero-order valence-corrected chi connectivity index (χ0v) is 18.2. The van der Waals surface area contributed by atoms with Crippen LogP contribution in [0.4, 0.5) is 5.69 Å². The minimum Gasteiger partial charge on any atom is -0.478 e. The van der Waals surface area contributed by atoms with Gasteiger partial charge in [0.05, 0.1) is 21.2 Å². The molecule has 0 unspecified atom stereocenters. The molecule has 0 aliphatic carbocycles. The largest absolute Gasteiger partial charge is 0.478 e. The van der Waals surface area contributed by atoms with E-state index in [2.05, 4.69) is 5.32 Å². The van der Waals surface area contributed by atoms with E-state index in [1.165, 1.54) is 42.5 Å². The second-order valence-electron chi connectivity index (χ2n) is 6.58. The lowest BCUT2D eigenvalue weighted by Gasteiger charge is -2.10. The third kappa shape index (κ3) is 5.98. The Bertz CT molecular complexity index is 1270. The van der Waals surface area contributed by atoms with Crippen molar-refractivity contribution in [2.75, 3.05) is 5.32 Å². The van der Waals surface area contributed by atoms with Crippen LogP contribution in [0.15, 0.2) is 72.3 Å². The Labute approximate surface area is 198 Å². The highest BCUT2D eigenvalue weighted by Crippen LogP contribution is 2.35. The van der Waals surface area contributed by atoms with Crippen molar-refractivity contribution in [2.45, 2.75) is 0 Å². The quantitative estimate of drug-likeness (QED) is 0.209. The minimum absolute atomic E-state index is 0.0139. The molecule has 0 aliphatic rings. The number of carbonyl (C=O) groups is 3. The van der Waals surface area contributed by atoms with Gasteiger partial charge in [0.1, 0.15) is 11.6 Å². The van der Waals surface area contributed by atoms with Crippen molar-refractivity contribution in [3.05, 3.63) is 99.0 Å². The number of aromatic carboxylic acids is 1. The minimum atomic E-state index is -1.10. The Morgan fingerprint density at radius 2 is 1.55 bits per heavy atom. The first-order valence-corrected chi connectivity index (χ1v) is 10.1. The first-order chi connectivity index (χ1) is 15.8. The van der Waals surface area contributed by atoms with Crippen LogP contribution < -0.4 is 10.1 Å². The van der Waals surface area contributed by atoms with E-state index in [9.17, 15) is 19.6 Å². The Hall–Kier alpha value is -4.12. The first kappa shape index (κ1) is 23.5. The predicted octanol–water partition coefficient (Wildman–Crippen LogP) is 5.46. The van der Waals surface area contributed by atoms with Crippen molar-refractivity contribution < 1.29 is 24.2 Å². The van der Waals surface area contributed by atoms with Gasteiger partial charge >= 0.3 is 11.9 Å². The summed E-state index contributed by atoms with van der Waals surface area (Å²) in [5, 5.41) is 20.9. The number of amides is 1. The number of carboxylic acids is 1. The van der Waals surface area contributed by atoms with Gasteiger partial charge in [0.2, 0.25) is 0 Å². The molecule has 7 nitrogen and oxygen atoms in total. The number of hydrogen-bond acceptors (Lipinski definition) is 5. The van der Waals surface area contributed by atoms with Crippen molar-refractivity contribution >= 4 is 52.8 Å². The smallest absolute Gasteiger partial charge is 0.343 e. The molecule has 1 amide bonds. The summed E-state index contributed by atoms with van der Waals surface area (Å²) >= 11 is 12.4. The normalized spacial score (nSPS) is 10.8. The maximum absolute atomic E-state index is 12.5. The van der Waals surface area contributed by atoms with Gasteiger partial charge in [0.15, 0.2) is 5.75 Å². The number of esters is 1. The van der Waals surface area contributed by atoms with Crippen molar-refractivity contribution in [2.24, 2.45) is 0 Å². The van der Waals surface area contributed by atoms with Crippen LogP contribution in [0.1, 0.15) is 26.3 Å². The van der Waals surface area contributed by atoms with Gasteiger partial charge in [-0.2, -0.15) is 5.26 Å². The van der Waals surface area contributed by atoms with Gasteiger partial charge in [-0.25, -0.2) is 9.59 Å². The highest BCUT2D eigenvalue weighted by molar-refractivity contribution is 6.37. The van der Waals surface area contributed by atoms with Crippen LogP contribution in [0.5, 0.6) is 5.75 Å². The summed E-state index contributed by atoms with van der Waals surface area (Å²) in [5.41, 5.74) is 0.760. The van der Waals surface area contributed by atoms with Gasteiger partial charge < -0.3 is 15.2 Å². The SMILES string of the molecule is N#C/C(=C\c1cc(Cl)c(OC(=O)c2ccccc2)c(Cl)c1)C(=O)Nc1ccc(C(=O)O)cc1. The summed E-state index contributed by atoms with van der Waals surface area (Å²) in [6.45, 7) is 0. The maximum Gasteiger partial charge on any atom is 0.343 e. The molecule has 0 saturated carbocycles. The van der Waals surface area contributed by atoms with Gasteiger partial charge in [0, 0.05) is 5.69 Å². The summed E-state index contributed by atoms with van der Waals surface area (Å²) in [7, 11) is 0. The van der Waals surface area contributed by atoms with E-state index in [0.29, 0.717) is 16.8 Å². The van der Waals surface area contributed by atoms with E-state index in [-0.39, 0.29) is 26.9 Å². The molecule has 3 rings (SSSR count). The van der Waals surface area contributed by atoms with Crippen LogP contribution in [0.2, 0.25) is 10.0 Å². The lowest BCUT2D eigenvalue weighted by Crippen LogP contribution is -2.13. The van der Waals surface area contributed by atoms with Gasteiger partial charge in [-0.1, -0.05) is 41.4 Å². The van der Waals surface area contributed by atoms with Crippen LogP contribution >= 0.6 is 23.2 Å². The summed E-state index contributed by atoms with van der Waals surface area (Å²) in [4.78, 5) is 35.6. The van der Waals surface area contributed by atoms with Crippen LogP contribution in [0.3, 0.4) is 0 Å². The van der Waals surface area contributed by atoms with Crippen molar-refractivity contribution in [1.29, 1.82) is 5.26 Å². The lowest BCUT2D eigenvalue weighted by molar-refractivity contribution is -0.112. The second-order valence-corrected chi connectivity index (χ2v) is 7.39. The van der Waals surface area contributed by atoms with Crippen molar-refractivity contribution in [1.82, 2.24) is 0 Å². The fourth-order valence-corrected chi connectivity index (χ4v) is 3.28. The van der Waals surface area contributed by atoms with E-state index in [4.69, 9.17) is 33.0 Å². The highest BCUT2D eigenvalue weighted by atomic mass is 35.5. The molecular weight excluding hydrogens is 467 g/mol. The van der Waals surface area contributed by atoms with E-state index >= 15 is 0 Å². The van der Waals surface area contributed by atoms with Crippen molar-refractivity contribution in [3.8, 4) is 11.8 Å². The first-order valence-electron chi connectivity index (χ1n) is 9.31. The van der Waals surface area contributed by atoms with Gasteiger partial charge in [0.25, 0.3) is 5.91 Å². The Balaban J connectivity index is 1.79. The molecule has 3 aromatic rings.